The number of hydrogen-bond acceptors (Lipinski definition) is 3. The number of hydrogen-bond donors (Lipinski definition) is 0. The Balaban J connectivity index is 2.30. The van der Waals surface area contributed by atoms with Gasteiger partial charge in [-0.1, -0.05) is 54.6 Å². The Kier molecular flexibility index (Phi) is 5.04. The molecular weight excluding hydrogens is 264 g/mol. The molecule has 0 aliphatic heterocycles. The van der Waals surface area contributed by atoms with E-state index in [1.54, 1.807) is 12.1 Å². The van der Waals surface area contributed by atoms with Crippen molar-refractivity contribution in [2.75, 3.05) is 6.61 Å². The summed E-state index contributed by atoms with van der Waals surface area (Å²) in [5, 5.41) is 0. The quantitative estimate of drug-likeness (QED) is 0.477. The van der Waals surface area contributed by atoms with Crippen LogP contribution in [0.25, 0.3) is 11.6 Å². The molecule has 21 heavy (non-hydrogen) atoms. The summed E-state index contributed by atoms with van der Waals surface area (Å²) in [7, 11) is 0. The lowest BCUT2D eigenvalue weighted by Gasteiger charge is -2.08. The van der Waals surface area contributed by atoms with E-state index in [1.807, 2.05) is 48.5 Å². The Labute approximate surface area is 123 Å². The Bertz CT molecular complexity index is 640. The third-order valence-corrected chi connectivity index (χ3v) is 2.99. The lowest BCUT2D eigenvalue weighted by molar-refractivity contribution is -0.139. The minimum atomic E-state index is -0.312. The molecule has 0 N–H and O–H groups in total. The van der Waals surface area contributed by atoms with Gasteiger partial charge in [0.2, 0.25) is 0 Å². The van der Waals surface area contributed by atoms with Gasteiger partial charge >= 0.3 is 5.97 Å². The first-order valence-electron chi connectivity index (χ1n) is 6.63. The molecule has 2 aromatic carbocycles. The van der Waals surface area contributed by atoms with Gasteiger partial charge < -0.3 is 4.74 Å². The minimum absolute atomic E-state index is 0.217. The van der Waals surface area contributed by atoms with E-state index in [0.29, 0.717) is 5.56 Å². The fourth-order valence-electron chi connectivity index (χ4n) is 1.91. The standard InChI is InChI=1S/C18H16O3/c1-14(20)21-13-18(17-5-3-2-4-6-17)11-15-7-9-16(12-19)10-8-15/h2-12H,13H2,1H3/b18-11+. The number of aldehydes is 1. The second-order valence-electron chi connectivity index (χ2n) is 4.60. The molecule has 106 valence electrons. The van der Waals surface area contributed by atoms with Gasteiger partial charge in [-0.25, -0.2) is 0 Å². The van der Waals surface area contributed by atoms with Crippen LogP contribution in [0.15, 0.2) is 54.6 Å². The maximum Gasteiger partial charge on any atom is 0.302 e. The van der Waals surface area contributed by atoms with Gasteiger partial charge in [-0.15, -0.1) is 0 Å². The van der Waals surface area contributed by atoms with Gasteiger partial charge in [-0.3, -0.25) is 9.59 Å². The number of carbonyl (C=O) groups excluding carboxylic acids is 2. The monoisotopic (exact) mass is 280 g/mol. The normalized spacial score (nSPS) is 11.0. The summed E-state index contributed by atoms with van der Waals surface area (Å²) in [4.78, 5) is 21.7. The molecule has 3 heteroatoms. The van der Waals surface area contributed by atoms with Gasteiger partial charge in [0.05, 0.1) is 0 Å². The van der Waals surface area contributed by atoms with Crippen molar-refractivity contribution in [1.82, 2.24) is 0 Å². The molecule has 0 aliphatic carbocycles. The van der Waals surface area contributed by atoms with Crippen LogP contribution >= 0.6 is 0 Å². The van der Waals surface area contributed by atoms with Crippen LogP contribution in [0, 0.1) is 0 Å². The van der Waals surface area contributed by atoms with Crippen molar-refractivity contribution < 1.29 is 14.3 Å². The Morgan fingerprint density at radius 1 is 1.00 bits per heavy atom. The zero-order valence-electron chi connectivity index (χ0n) is 11.8. The lowest BCUT2D eigenvalue weighted by atomic mass is 10.0. The second-order valence-corrected chi connectivity index (χ2v) is 4.60. The molecule has 0 saturated carbocycles. The van der Waals surface area contributed by atoms with Crippen LogP contribution < -0.4 is 0 Å². The SMILES string of the molecule is CC(=O)OC/C(=C\c1ccc(C=O)cc1)c1ccccc1. The summed E-state index contributed by atoms with van der Waals surface area (Å²) in [5.74, 6) is -0.312. The molecule has 0 atom stereocenters. The van der Waals surface area contributed by atoms with Crippen molar-refractivity contribution in [3.8, 4) is 0 Å². The zero-order valence-corrected chi connectivity index (χ0v) is 11.8. The van der Waals surface area contributed by atoms with E-state index in [0.717, 1.165) is 23.0 Å². The van der Waals surface area contributed by atoms with Gasteiger partial charge in [0.25, 0.3) is 0 Å². The van der Waals surface area contributed by atoms with E-state index in [2.05, 4.69) is 0 Å². The van der Waals surface area contributed by atoms with Crippen LogP contribution in [0.3, 0.4) is 0 Å². The Hall–Kier alpha value is -2.68. The largest absolute Gasteiger partial charge is 0.461 e. The summed E-state index contributed by atoms with van der Waals surface area (Å²) < 4.78 is 5.11. The Morgan fingerprint density at radius 3 is 2.19 bits per heavy atom. The summed E-state index contributed by atoms with van der Waals surface area (Å²) in [6.07, 6.45) is 2.76. The van der Waals surface area contributed by atoms with Crippen molar-refractivity contribution in [2.24, 2.45) is 0 Å². The van der Waals surface area contributed by atoms with E-state index in [4.69, 9.17) is 4.74 Å². The number of carbonyl (C=O) groups is 2. The van der Waals surface area contributed by atoms with Crippen molar-refractivity contribution in [3.63, 3.8) is 0 Å². The predicted molar refractivity (Wildman–Crippen MR) is 82.8 cm³/mol. The zero-order chi connectivity index (χ0) is 15.1. The maximum atomic E-state index is 11.0. The maximum absolute atomic E-state index is 11.0. The fourth-order valence-corrected chi connectivity index (χ4v) is 1.91. The third-order valence-electron chi connectivity index (χ3n) is 2.99. The number of ether oxygens (including phenoxy) is 1. The molecule has 0 heterocycles. The van der Waals surface area contributed by atoms with Gasteiger partial charge in [0, 0.05) is 12.5 Å². The lowest BCUT2D eigenvalue weighted by Crippen LogP contribution is -2.02. The molecule has 3 nitrogen and oxygen atoms in total. The van der Waals surface area contributed by atoms with Crippen LogP contribution in [0.2, 0.25) is 0 Å². The second kappa shape index (κ2) is 7.20. The molecule has 2 aromatic rings. The molecule has 0 amide bonds. The molecule has 0 bridgehead atoms. The summed E-state index contributed by atoms with van der Waals surface area (Å²) in [6.45, 7) is 1.61. The van der Waals surface area contributed by atoms with Crippen LogP contribution in [0.5, 0.6) is 0 Å². The van der Waals surface area contributed by atoms with E-state index in [-0.39, 0.29) is 12.6 Å². The molecule has 0 spiro atoms. The number of benzene rings is 2. The first-order chi connectivity index (χ1) is 10.2. The average Bonchev–Trinajstić information content (AvgIpc) is 2.52. The van der Waals surface area contributed by atoms with Gasteiger partial charge in [0.15, 0.2) is 0 Å². The topological polar surface area (TPSA) is 43.4 Å². The Morgan fingerprint density at radius 2 is 1.62 bits per heavy atom. The van der Waals surface area contributed by atoms with E-state index >= 15 is 0 Å². The predicted octanol–water partition coefficient (Wildman–Crippen LogP) is 3.60. The smallest absolute Gasteiger partial charge is 0.302 e. The highest BCUT2D eigenvalue weighted by Gasteiger charge is 2.04. The van der Waals surface area contributed by atoms with Gasteiger partial charge in [0.1, 0.15) is 12.9 Å². The van der Waals surface area contributed by atoms with Gasteiger partial charge in [-0.05, 0) is 22.8 Å². The average molecular weight is 280 g/mol. The van der Waals surface area contributed by atoms with Crippen molar-refractivity contribution in [3.05, 3.63) is 71.3 Å². The van der Waals surface area contributed by atoms with Crippen LogP contribution in [-0.4, -0.2) is 18.9 Å². The molecule has 0 fully saturated rings. The highest BCUT2D eigenvalue weighted by molar-refractivity contribution is 5.84. The molecule has 0 saturated heterocycles. The summed E-state index contributed by atoms with van der Waals surface area (Å²) in [5.41, 5.74) is 3.49. The van der Waals surface area contributed by atoms with Crippen LogP contribution in [0.4, 0.5) is 0 Å². The highest BCUT2D eigenvalue weighted by atomic mass is 16.5. The molecule has 0 aliphatic rings. The number of rotatable bonds is 5. The first kappa shape index (κ1) is 14.7. The molecule has 0 aromatic heterocycles. The number of esters is 1. The van der Waals surface area contributed by atoms with E-state index in [1.165, 1.54) is 6.92 Å². The molecule has 0 radical (unpaired) electrons. The van der Waals surface area contributed by atoms with Gasteiger partial charge in [-0.2, -0.15) is 0 Å². The van der Waals surface area contributed by atoms with E-state index < -0.39 is 0 Å². The van der Waals surface area contributed by atoms with Crippen molar-refractivity contribution >= 4 is 23.9 Å². The molecule has 2 rings (SSSR count). The third kappa shape index (κ3) is 4.42. The highest BCUT2D eigenvalue weighted by Crippen LogP contribution is 2.19. The van der Waals surface area contributed by atoms with Crippen LogP contribution in [-0.2, 0) is 9.53 Å². The van der Waals surface area contributed by atoms with Crippen LogP contribution in [0.1, 0.15) is 28.4 Å². The minimum Gasteiger partial charge on any atom is -0.461 e. The van der Waals surface area contributed by atoms with Crippen molar-refractivity contribution in [2.45, 2.75) is 6.92 Å². The molecular formula is C18H16O3. The summed E-state index contributed by atoms with van der Waals surface area (Å²) in [6, 6.07) is 17.0. The summed E-state index contributed by atoms with van der Waals surface area (Å²) >= 11 is 0. The van der Waals surface area contributed by atoms with Crippen molar-refractivity contribution in [1.29, 1.82) is 0 Å². The first-order valence-corrected chi connectivity index (χ1v) is 6.63. The molecule has 0 unspecified atom stereocenters. The fraction of sp³-hybridized carbons (Fsp3) is 0.111. The van der Waals surface area contributed by atoms with E-state index in [9.17, 15) is 9.59 Å².